The lowest BCUT2D eigenvalue weighted by atomic mass is 9.93. The van der Waals surface area contributed by atoms with Gasteiger partial charge in [0.05, 0.1) is 6.61 Å². The molecule has 10 heteroatoms. The van der Waals surface area contributed by atoms with Gasteiger partial charge in [-0.2, -0.15) is 5.21 Å². The van der Waals surface area contributed by atoms with E-state index in [2.05, 4.69) is 20.6 Å². The lowest BCUT2D eigenvalue weighted by Gasteiger charge is -2.21. The Morgan fingerprint density at radius 1 is 1.05 bits per heavy atom. The third-order valence-corrected chi connectivity index (χ3v) is 6.46. The molecule has 0 amide bonds. The first-order valence-electron chi connectivity index (χ1n) is 12.8. The molecule has 0 bridgehead atoms. The van der Waals surface area contributed by atoms with E-state index in [0.717, 1.165) is 36.0 Å². The molecule has 0 aliphatic carbocycles. The highest BCUT2D eigenvalue weighted by Crippen LogP contribution is 2.37. The van der Waals surface area contributed by atoms with Crippen molar-refractivity contribution in [3.8, 4) is 28.4 Å². The van der Waals surface area contributed by atoms with Crippen LogP contribution in [-0.4, -0.2) is 50.0 Å². The van der Waals surface area contributed by atoms with Crippen LogP contribution in [0.15, 0.2) is 60.7 Å². The maximum atomic E-state index is 13.4. The first kappa shape index (κ1) is 27.6. The molecule has 0 aliphatic heterocycles. The van der Waals surface area contributed by atoms with Gasteiger partial charge in [-0.1, -0.05) is 42.8 Å². The van der Waals surface area contributed by atoms with Crippen molar-refractivity contribution in [2.24, 2.45) is 0 Å². The van der Waals surface area contributed by atoms with Crippen molar-refractivity contribution < 1.29 is 28.9 Å². The summed E-state index contributed by atoms with van der Waals surface area (Å²) in [6, 6.07) is 16.9. The minimum absolute atomic E-state index is 0.0346. The summed E-state index contributed by atoms with van der Waals surface area (Å²) in [6.45, 7) is 1.98. The molecule has 1 aromatic heterocycles. The molecule has 0 aliphatic rings. The van der Waals surface area contributed by atoms with Gasteiger partial charge >= 0.3 is 5.97 Å². The number of benzene rings is 3. The number of aliphatic carboxylic acids is 1. The number of nitrogens with zero attached hydrogens (tertiary/aromatic N) is 3. The topological polar surface area (TPSA) is 130 Å². The number of aromatic hydroxyl groups is 1. The van der Waals surface area contributed by atoms with E-state index in [4.69, 9.17) is 14.6 Å². The van der Waals surface area contributed by atoms with Crippen LogP contribution in [0.2, 0.25) is 0 Å². The molecule has 1 unspecified atom stereocenters. The highest BCUT2D eigenvalue weighted by molar-refractivity contribution is 5.72. The Labute approximate surface area is 225 Å². The number of unbranched alkanes of at least 4 members (excludes halogenated alkanes) is 1. The quantitative estimate of drug-likeness (QED) is 0.186. The smallest absolute Gasteiger partial charge is 0.341 e. The van der Waals surface area contributed by atoms with E-state index in [0.29, 0.717) is 42.3 Å². The summed E-state index contributed by atoms with van der Waals surface area (Å²) >= 11 is 0. The van der Waals surface area contributed by atoms with Gasteiger partial charge in [0, 0.05) is 24.0 Å². The fraction of sp³-hybridized carbons (Fsp3) is 0.310. The molecule has 3 aromatic carbocycles. The van der Waals surface area contributed by atoms with Crippen molar-refractivity contribution >= 4 is 5.97 Å². The lowest BCUT2D eigenvalue weighted by molar-refractivity contribution is -0.139. The Hall–Kier alpha value is -4.47. The summed E-state index contributed by atoms with van der Waals surface area (Å²) in [5, 5.41) is 33.7. The Kier molecular flexibility index (Phi) is 9.44. The Balaban J connectivity index is 1.48. The number of aromatic amines is 1. The number of ether oxygens (including phenoxy) is 2. The molecule has 1 atom stereocenters. The van der Waals surface area contributed by atoms with E-state index in [1.54, 1.807) is 30.3 Å². The van der Waals surface area contributed by atoms with Gasteiger partial charge in [-0.15, -0.1) is 10.2 Å². The van der Waals surface area contributed by atoms with Gasteiger partial charge < -0.3 is 19.7 Å². The second-order valence-corrected chi connectivity index (χ2v) is 9.17. The Bertz CT molecular complexity index is 1350. The third-order valence-electron chi connectivity index (χ3n) is 6.46. The standard InChI is InChI=1S/C29H31FN4O5/c1-2-19-15-25(21-7-11-23(30)12-8-21)26(35)16-27(19)39-17-22(5-3-4-6-28-31-33-34-32-28)20-9-13-24(14-10-20)38-18-29(36)37/h7-16,22,35H,2-6,17-18H2,1H3,(H,36,37)(H,31,32,33,34). The van der Waals surface area contributed by atoms with Crippen LogP contribution in [-0.2, 0) is 17.6 Å². The summed E-state index contributed by atoms with van der Waals surface area (Å²) in [6.07, 6.45) is 4.01. The number of phenols is 1. The molecule has 204 valence electrons. The maximum Gasteiger partial charge on any atom is 0.341 e. The van der Waals surface area contributed by atoms with Crippen LogP contribution in [0.1, 0.15) is 49.1 Å². The van der Waals surface area contributed by atoms with Crippen molar-refractivity contribution in [2.45, 2.75) is 44.9 Å². The predicted molar refractivity (Wildman–Crippen MR) is 142 cm³/mol. The van der Waals surface area contributed by atoms with Crippen molar-refractivity contribution in [3.05, 3.63) is 83.4 Å². The first-order valence-corrected chi connectivity index (χ1v) is 12.8. The minimum Gasteiger partial charge on any atom is -0.507 e. The van der Waals surface area contributed by atoms with Crippen LogP contribution in [0.5, 0.6) is 17.2 Å². The van der Waals surface area contributed by atoms with Gasteiger partial charge in [0.2, 0.25) is 0 Å². The molecule has 0 saturated carbocycles. The van der Waals surface area contributed by atoms with Crippen LogP contribution >= 0.6 is 0 Å². The number of hydrogen-bond donors (Lipinski definition) is 3. The van der Waals surface area contributed by atoms with Gasteiger partial charge in [-0.05, 0) is 66.3 Å². The summed E-state index contributed by atoms with van der Waals surface area (Å²) in [7, 11) is 0. The maximum absolute atomic E-state index is 13.4. The number of aryl methyl sites for hydroxylation is 2. The summed E-state index contributed by atoms with van der Waals surface area (Å²) in [5.74, 6) is 0.475. The third kappa shape index (κ3) is 7.76. The zero-order chi connectivity index (χ0) is 27.6. The molecule has 0 saturated heterocycles. The molecule has 39 heavy (non-hydrogen) atoms. The van der Waals surface area contributed by atoms with Crippen LogP contribution in [0.4, 0.5) is 4.39 Å². The number of halogens is 1. The number of carboxylic acids is 1. The van der Waals surface area contributed by atoms with E-state index < -0.39 is 12.6 Å². The number of hydrogen-bond acceptors (Lipinski definition) is 7. The average molecular weight is 535 g/mol. The van der Waals surface area contributed by atoms with Gasteiger partial charge in [0.15, 0.2) is 12.4 Å². The van der Waals surface area contributed by atoms with Crippen LogP contribution in [0, 0.1) is 5.82 Å². The van der Waals surface area contributed by atoms with E-state index in [1.807, 2.05) is 25.1 Å². The van der Waals surface area contributed by atoms with Crippen molar-refractivity contribution in [3.63, 3.8) is 0 Å². The van der Waals surface area contributed by atoms with Crippen molar-refractivity contribution in [1.82, 2.24) is 20.6 Å². The number of phenolic OH excluding ortho intramolecular Hbond substituents is 1. The largest absolute Gasteiger partial charge is 0.507 e. The van der Waals surface area contributed by atoms with E-state index in [1.165, 1.54) is 12.1 Å². The number of H-pyrrole nitrogens is 1. The van der Waals surface area contributed by atoms with Crippen LogP contribution in [0.25, 0.3) is 11.1 Å². The van der Waals surface area contributed by atoms with Gasteiger partial charge in [-0.25, -0.2) is 9.18 Å². The summed E-state index contributed by atoms with van der Waals surface area (Å²) < 4.78 is 24.9. The molecular formula is C29H31FN4O5. The Morgan fingerprint density at radius 2 is 1.82 bits per heavy atom. The van der Waals surface area contributed by atoms with Gasteiger partial charge in [0.1, 0.15) is 23.1 Å². The highest BCUT2D eigenvalue weighted by Gasteiger charge is 2.17. The second kappa shape index (κ2) is 13.4. The first-order chi connectivity index (χ1) is 18.9. The molecule has 0 fully saturated rings. The number of rotatable bonds is 14. The number of nitrogens with one attached hydrogen (secondary N) is 1. The zero-order valence-corrected chi connectivity index (χ0v) is 21.6. The molecule has 3 N–H and O–H groups in total. The van der Waals surface area contributed by atoms with Crippen LogP contribution in [0.3, 0.4) is 0 Å². The fourth-order valence-electron chi connectivity index (χ4n) is 4.37. The van der Waals surface area contributed by atoms with Crippen molar-refractivity contribution in [1.29, 1.82) is 0 Å². The van der Waals surface area contributed by atoms with Gasteiger partial charge in [0.25, 0.3) is 0 Å². The normalized spacial score (nSPS) is 11.7. The molecule has 1 heterocycles. The summed E-state index contributed by atoms with van der Waals surface area (Å²) in [5.41, 5.74) is 3.30. The predicted octanol–water partition coefficient (Wildman–Crippen LogP) is 5.31. The number of carboxylic acid groups (broad SMARTS) is 1. The SMILES string of the molecule is CCc1cc(-c2ccc(F)cc2)c(O)cc1OCC(CCCCc1nn[nH]n1)c1ccc(OCC(=O)O)cc1. The highest BCUT2D eigenvalue weighted by atomic mass is 19.1. The fourth-order valence-corrected chi connectivity index (χ4v) is 4.37. The number of aromatic nitrogens is 4. The minimum atomic E-state index is -1.03. The lowest BCUT2D eigenvalue weighted by Crippen LogP contribution is -2.12. The number of tetrazole rings is 1. The van der Waals surface area contributed by atoms with E-state index in [-0.39, 0.29) is 17.5 Å². The van der Waals surface area contributed by atoms with Gasteiger partial charge in [-0.3, -0.25) is 0 Å². The monoisotopic (exact) mass is 534 g/mol. The second-order valence-electron chi connectivity index (χ2n) is 9.17. The Morgan fingerprint density at radius 3 is 2.49 bits per heavy atom. The molecule has 4 aromatic rings. The average Bonchev–Trinajstić information content (AvgIpc) is 3.46. The molecule has 0 spiro atoms. The molecule has 0 radical (unpaired) electrons. The van der Waals surface area contributed by atoms with E-state index in [9.17, 15) is 14.3 Å². The molecule has 4 rings (SSSR count). The number of carbonyl (C=O) groups is 1. The summed E-state index contributed by atoms with van der Waals surface area (Å²) in [4.78, 5) is 10.8. The molecule has 9 nitrogen and oxygen atoms in total. The zero-order valence-electron chi connectivity index (χ0n) is 21.6. The molecular weight excluding hydrogens is 503 g/mol. The van der Waals surface area contributed by atoms with E-state index >= 15 is 0 Å². The van der Waals surface area contributed by atoms with Crippen molar-refractivity contribution in [2.75, 3.05) is 13.2 Å². The van der Waals surface area contributed by atoms with Crippen LogP contribution < -0.4 is 9.47 Å².